The Morgan fingerprint density at radius 2 is 1.75 bits per heavy atom. The van der Waals surface area contributed by atoms with Crippen molar-refractivity contribution in [2.45, 2.75) is 29.6 Å². The zero-order valence-electron chi connectivity index (χ0n) is 14.0. The van der Waals surface area contributed by atoms with Gasteiger partial charge in [-0.2, -0.15) is 0 Å². The van der Waals surface area contributed by atoms with E-state index in [9.17, 15) is 4.79 Å². The zero-order valence-corrected chi connectivity index (χ0v) is 14.9. The number of rotatable bonds is 5. The molecule has 0 aliphatic carbocycles. The van der Waals surface area contributed by atoms with Crippen molar-refractivity contribution in [3.05, 3.63) is 60.2 Å². The molecule has 1 fully saturated rings. The van der Waals surface area contributed by atoms with Gasteiger partial charge in [-0.3, -0.25) is 4.79 Å². The first-order chi connectivity index (χ1) is 11.7. The molecule has 3 nitrogen and oxygen atoms in total. The fraction of sp³-hybridized carbons (Fsp3) is 0.350. The Balaban J connectivity index is 1.68. The van der Waals surface area contributed by atoms with Crippen LogP contribution in [-0.4, -0.2) is 25.5 Å². The number of benzene rings is 2. The third kappa shape index (κ3) is 4.40. The normalized spacial score (nSPS) is 16.5. The van der Waals surface area contributed by atoms with Crippen LogP contribution >= 0.6 is 11.8 Å². The fourth-order valence-electron chi connectivity index (χ4n) is 2.95. The summed E-state index contributed by atoms with van der Waals surface area (Å²) in [5, 5.41) is 6.53. The molecular weight excluding hydrogens is 316 g/mol. The van der Waals surface area contributed by atoms with Crippen LogP contribution in [0.25, 0.3) is 0 Å². The van der Waals surface area contributed by atoms with Gasteiger partial charge in [0.05, 0.1) is 5.56 Å². The molecule has 0 unspecified atom stereocenters. The van der Waals surface area contributed by atoms with Crippen LogP contribution in [0.5, 0.6) is 0 Å². The Morgan fingerprint density at radius 3 is 2.50 bits per heavy atom. The van der Waals surface area contributed by atoms with Crippen molar-refractivity contribution >= 4 is 17.7 Å². The Hall–Kier alpha value is -1.78. The van der Waals surface area contributed by atoms with E-state index in [0.717, 1.165) is 47.8 Å². The van der Waals surface area contributed by atoms with Gasteiger partial charge in [-0.05, 0) is 55.6 Å². The van der Waals surface area contributed by atoms with Gasteiger partial charge in [0.2, 0.25) is 0 Å². The van der Waals surface area contributed by atoms with Crippen molar-refractivity contribution in [1.29, 1.82) is 0 Å². The summed E-state index contributed by atoms with van der Waals surface area (Å²) in [7, 11) is 0. The van der Waals surface area contributed by atoms with Crippen molar-refractivity contribution in [1.82, 2.24) is 10.6 Å². The molecule has 2 aromatic carbocycles. The van der Waals surface area contributed by atoms with E-state index in [0.29, 0.717) is 0 Å². The Bertz CT molecular complexity index is 681. The van der Waals surface area contributed by atoms with E-state index in [1.165, 1.54) is 0 Å². The van der Waals surface area contributed by atoms with E-state index in [4.69, 9.17) is 0 Å². The van der Waals surface area contributed by atoms with Gasteiger partial charge in [-0.25, -0.2) is 0 Å². The van der Waals surface area contributed by atoms with Gasteiger partial charge < -0.3 is 10.6 Å². The molecule has 1 aliphatic rings. The lowest BCUT2D eigenvalue weighted by Crippen LogP contribution is -2.43. The number of piperidine rings is 1. The molecule has 0 radical (unpaired) electrons. The van der Waals surface area contributed by atoms with Crippen LogP contribution in [0.15, 0.2) is 64.4 Å². The van der Waals surface area contributed by atoms with Gasteiger partial charge in [0.25, 0.3) is 5.91 Å². The maximum atomic E-state index is 12.7. The summed E-state index contributed by atoms with van der Waals surface area (Å²) < 4.78 is 0. The van der Waals surface area contributed by atoms with Gasteiger partial charge in [0.15, 0.2) is 0 Å². The van der Waals surface area contributed by atoms with E-state index >= 15 is 0 Å². The van der Waals surface area contributed by atoms with Crippen LogP contribution in [0.1, 0.15) is 30.1 Å². The molecule has 24 heavy (non-hydrogen) atoms. The Labute approximate surface area is 148 Å². The topological polar surface area (TPSA) is 41.1 Å². The van der Waals surface area contributed by atoms with Crippen molar-refractivity contribution in [3.63, 3.8) is 0 Å². The molecule has 1 aliphatic heterocycles. The largest absolute Gasteiger partial charge is 0.351 e. The minimum absolute atomic E-state index is 0.0220. The molecule has 1 saturated heterocycles. The molecule has 0 aromatic heterocycles. The molecule has 4 heteroatoms. The molecule has 0 bridgehead atoms. The average molecular weight is 340 g/mol. The number of nitrogens with one attached hydrogen (secondary N) is 2. The van der Waals surface area contributed by atoms with Gasteiger partial charge in [0.1, 0.15) is 0 Å². The predicted molar refractivity (Wildman–Crippen MR) is 99.6 cm³/mol. The molecule has 0 spiro atoms. The summed E-state index contributed by atoms with van der Waals surface area (Å²) >= 11 is 1.63. The lowest BCUT2D eigenvalue weighted by atomic mass is 9.81. The summed E-state index contributed by atoms with van der Waals surface area (Å²) in [6, 6.07) is 18.0. The first-order valence-electron chi connectivity index (χ1n) is 8.47. The van der Waals surface area contributed by atoms with Gasteiger partial charge >= 0.3 is 0 Å². The Morgan fingerprint density at radius 1 is 1.08 bits per heavy atom. The molecule has 0 atom stereocenters. The summed E-state index contributed by atoms with van der Waals surface area (Å²) in [5.74, 6) is 0.0220. The lowest BCUT2D eigenvalue weighted by molar-refractivity contribution is 0.0919. The van der Waals surface area contributed by atoms with Crippen LogP contribution in [0.3, 0.4) is 0 Å². The summed E-state index contributed by atoms with van der Waals surface area (Å²) in [4.78, 5) is 14.8. The van der Waals surface area contributed by atoms with Crippen LogP contribution in [-0.2, 0) is 0 Å². The standard InChI is InChI=1S/C20H24N2OS/c1-20(11-13-21-14-12-20)15-22-19(23)17-9-5-6-10-18(17)24-16-7-3-2-4-8-16/h2-10,21H,11-15H2,1H3,(H,22,23). The van der Waals surface area contributed by atoms with Gasteiger partial charge in [-0.1, -0.05) is 49.0 Å². The van der Waals surface area contributed by atoms with Crippen LogP contribution in [0.2, 0.25) is 0 Å². The first-order valence-corrected chi connectivity index (χ1v) is 9.29. The lowest BCUT2D eigenvalue weighted by Gasteiger charge is -2.34. The van der Waals surface area contributed by atoms with E-state index in [2.05, 4.69) is 29.7 Å². The smallest absolute Gasteiger partial charge is 0.252 e. The number of carbonyl (C=O) groups excluding carboxylic acids is 1. The molecule has 126 valence electrons. The van der Waals surface area contributed by atoms with E-state index in [1.54, 1.807) is 11.8 Å². The second kappa shape index (κ2) is 7.86. The number of hydrogen-bond donors (Lipinski definition) is 2. The van der Waals surface area contributed by atoms with Crippen LogP contribution in [0.4, 0.5) is 0 Å². The molecular formula is C20H24N2OS. The highest BCUT2D eigenvalue weighted by molar-refractivity contribution is 7.99. The Kier molecular flexibility index (Phi) is 5.59. The zero-order chi connectivity index (χ0) is 16.8. The van der Waals surface area contributed by atoms with E-state index in [-0.39, 0.29) is 11.3 Å². The van der Waals surface area contributed by atoms with Crippen molar-refractivity contribution in [2.75, 3.05) is 19.6 Å². The molecule has 0 saturated carbocycles. The molecule has 1 amide bonds. The van der Waals surface area contributed by atoms with Gasteiger partial charge in [0, 0.05) is 16.3 Å². The highest BCUT2D eigenvalue weighted by atomic mass is 32.2. The fourth-order valence-corrected chi connectivity index (χ4v) is 3.92. The summed E-state index contributed by atoms with van der Waals surface area (Å²) in [6.45, 7) is 5.07. The highest BCUT2D eigenvalue weighted by Gasteiger charge is 2.27. The third-order valence-electron chi connectivity index (χ3n) is 4.59. The second-order valence-corrected chi connectivity index (χ2v) is 7.77. The second-order valence-electron chi connectivity index (χ2n) is 6.65. The molecule has 2 N–H and O–H groups in total. The maximum absolute atomic E-state index is 12.7. The SMILES string of the molecule is CC1(CNC(=O)c2ccccc2Sc2ccccc2)CCNCC1. The molecule has 1 heterocycles. The average Bonchev–Trinajstić information content (AvgIpc) is 2.62. The number of hydrogen-bond acceptors (Lipinski definition) is 3. The van der Waals surface area contributed by atoms with Crippen LogP contribution in [0, 0.1) is 5.41 Å². The van der Waals surface area contributed by atoms with E-state index in [1.807, 2.05) is 42.5 Å². The third-order valence-corrected chi connectivity index (χ3v) is 5.67. The number of carbonyl (C=O) groups is 1. The summed E-state index contributed by atoms with van der Waals surface area (Å²) in [6.07, 6.45) is 2.21. The monoisotopic (exact) mass is 340 g/mol. The van der Waals surface area contributed by atoms with E-state index < -0.39 is 0 Å². The predicted octanol–water partition coefficient (Wildman–Crippen LogP) is 3.96. The minimum atomic E-state index is 0.0220. The molecule has 2 aromatic rings. The summed E-state index contributed by atoms with van der Waals surface area (Å²) in [5.41, 5.74) is 0.950. The van der Waals surface area contributed by atoms with Crippen LogP contribution < -0.4 is 10.6 Å². The highest BCUT2D eigenvalue weighted by Crippen LogP contribution is 2.31. The molecule has 3 rings (SSSR count). The maximum Gasteiger partial charge on any atom is 0.252 e. The minimum Gasteiger partial charge on any atom is -0.351 e. The quantitative estimate of drug-likeness (QED) is 0.866. The number of amides is 1. The van der Waals surface area contributed by atoms with Crippen molar-refractivity contribution < 1.29 is 4.79 Å². The van der Waals surface area contributed by atoms with Crippen molar-refractivity contribution in [3.8, 4) is 0 Å². The van der Waals surface area contributed by atoms with Crippen molar-refractivity contribution in [2.24, 2.45) is 5.41 Å². The van der Waals surface area contributed by atoms with Gasteiger partial charge in [-0.15, -0.1) is 0 Å². The first kappa shape index (κ1) is 17.1.